The van der Waals surface area contributed by atoms with Crippen molar-refractivity contribution in [3.05, 3.63) is 106 Å². The number of esters is 1. The number of hydrogen-bond donors (Lipinski definition) is 5. The summed E-state index contributed by atoms with van der Waals surface area (Å²) < 4.78 is 8.84. The highest BCUT2D eigenvalue weighted by molar-refractivity contribution is 9.11. The van der Waals surface area contributed by atoms with Gasteiger partial charge in [-0.15, -0.1) is 27.8 Å². The van der Waals surface area contributed by atoms with Gasteiger partial charge in [0.2, 0.25) is 11.2 Å². The predicted molar refractivity (Wildman–Crippen MR) is 212 cm³/mol. The van der Waals surface area contributed by atoms with Gasteiger partial charge in [0, 0.05) is 44.2 Å². The quantitative estimate of drug-likeness (QED) is 0.0938. The number of aromatic amines is 1. The number of aromatic hydroxyl groups is 1. The molecule has 1 aliphatic heterocycles. The second kappa shape index (κ2) is 15.6. The third-order valence-corrected chi connectivity index (χ3v) is 13.3. The molecule has 2 aliphatic rings. The Labute approximate surface area is 327 Å². The van der Waals surface area contributed by atoms with Gasteiger partial charge in [-0.1, -0.05) is 17.3 Å². The number of halogens is 1. The molecule has 6 aromatic rings. The second-order valence-electron chi connectivity index (χ2n) is 14.0. The summed E-state index contributed by atoms with van der Waals surface area (Å²) >= 11 is 6.12. The number of piperidine rings is 1. The van der Waals surface area contributed by atoms with E-state index in [1.54, 1.807) is 24.3 Å². The fourth-order valence-corrected chi connectivity index (χ4v) is 10.3. The van der Waals surface area contributed by atoms with Crippen LogP contribution in [0.4, 0.5) is 0 Å². The number of ether oxygens (including phenoxy) is 1. The summed E-state index contributed by atoms with van der Waals surface area (Å²) in [4.78, 5) is 31.4. The number of fused-ring (bicyclic) bond motifs is 4. The first-order valence-corrected chi connectivity index (χ1v) is 20.7. The average Bonchev–Trinajstić information content (AvgIpc) is 4.01. The van der Waals surface area contributed by atoms with Crippen LogP contribution in [0, 0.1) is 0 Å². The van der Waals surface area contributed by atoms with Crippen LogP contribution >= 0.6 is 38.6 Å². The molecule has 1 unspecified atom stereocenters. The number of likely N-dealkylation sites (tertiary alicyclic amines) is 1. The largest absolute Gasteiger partial charge is 0.506 e. The van der Waals surface area contributed by atoms with E-state index in [1.807, 2.05) is 22.2 Å². The van der Waals surface area contributed by atoms with Crippen molar-refractivity contribution in [1.82, 2.24) is 30.2 Å². The van der Waals surface area contributed by atoms with E-state index in [-0.39, 0.29) is 17.4 Å². The van der Waals surface area contributed by atoms with E-state index in [2.05, 4.69) is 47.5 Å². The molecule has 0 amide bonds. The normalized spacial score (nSPS) is 16.9. The van der Waals surface area contributed by atoms with Gasteiger partial charge in [0.15, 0.2) is 0 Å². The zero-order chi connectivity index (χ0) is 37.4. The number of phenolic OH excluding ortho intramolecular Hbond substituents is 1. The molecule has 1 fully saturated rings. The first-order valence-electron chi connectivity index (χ1n) is 18.2. The Morgan fingerprint density at radius 1 is 1.09 bits per heavy atom. The average molecular weight is 834 g/mol. The van der Waals surface area contributed by atoms with Crippen molar-refractivity contribution in [3.63, 3.8) is 0 Å². The van der Waals surface area contributed by atoms with Crippen LogP contribution in [0.15, 0.2) is 68.6 Å². The van der Waals surface area contributed by atoms with Crippen molar-refractivity contribution in [2.75, 3.05) is 26.2 Å². The number of hydrogen-bond acceptors (Lipinski definition) is 12. The first-order chi connectivity index (χ1) is 26.2. The summed E-state index contributed by atoms with van der Waals surface area (Å²) in [6, 6.07) is 15.5. The van der Waals surface area contributed by atoms with Crippen molar-refractivity contribution < 1.29 is 24.9 Å². The maximum absolute atomic E-state index is 13.5. The summed E-state index contributed by atoms with van der Waals surface area (Å²) in [6.07, 6.45) is 4.27. The number of rotatable bonds is 13. The smallest absolute Gasteiger partial charge is 0.349 e. The van der Waals surface area contributed by atoms with Crippen LogP contribution in [0.2, 0.25) is 0 Å². The molecule has 0 bridgehead atoms. The van der Waals surface area contributed by atoms with Gasteiger partial charge >= 0.3 is 5.97 Å². The zero-order valence-electron chi connectivity index (χ0n) is 29.5. The summed E-state index contributed by atoms with van der Waals surface area (Å²) in [5.74, 6) is -0.657. The zero-order valence-corrected chi connectivity index (χ0v) is 32.7. The molecule has 0 spiro atoms. The fraction of sp³-hybridized carbons (Fsp3) is 0.385. The van der Waals surface area contributed by atoms with E-state index in [9.17, 15) is 24.9 Å². The summed E-state index contributed by atoms with van der Waals surface area (Å²) in [5, 5.41) is 47.9. The number of thiophene rings is 2. The van der Waals surface area contributed by atoms with E-state index in [4.69, 9.17) is 4.74 Å². The topological polar surface area (TPSA) is 166 Å². The van der Waals surface area contributed by atoms with Crippen LogP contribution in [0.25, 0.3) is 21.9 Å². The first kappa shape index (κ1) is 37.0. The molecule has 282 valence electrons. The van der Waals surface area contributed by atoms with Crippen molar-refractivity contribution in [2.45, 2.75) is 69.4 Å². The van der Waals surface area contributed by atoms with Gasteiger partial charge in [-0.05, 0) is 125 Å². The van der Waals surface area contributed by atoms with Crippen molar-refractivity contribution in [1.29, 1.82) is 0 Å². The molecule has 1 aliphatic carbocycles. The maximum Gasteiger partial charge on any atom is 0.349 e. The minimum atomic E-state index is -1.82. The number of benzene rings is 2. The van der Waals surface area contributed by atoms with E-state index in [0.29, 0.717) is 52.2 Å². The lowest BCUT2D eigenvalue weighted by molar-refractivity contribution is -0.169. The van der Waals surface area contributed by atoms with Crippen LogP contribution in [-0.2, 0) is 41.1 Å². The highest BCUT2D eigenvalue weighted by Crippen LogP contribution is 2.40. The van der Waals surface area contributed by atoms with Crippen LogP contribution < -0.4 is 10.9 Å². The summed E-state index contributed by atoms with van der Waals surface area (Å²) in [5.41, 5.74) is 4.59. The van der Waals surface area contributed by atoms with Crippen molar-refractivity contribution >= 4 is 66.5 Å². The third-order valence-electron chi connectivity index (χ3n) is 10.6. The van der Waals surface area contributed by atoms with E-state index < -0.39 is 17.7 Å². The monoisotopic (exact) mass is 832 g/mol. The van der Waals surface area contributed by atoms with Crippen LogP contribution in [0.3, 0.4) is 0 Å². The second-order valence-corrected chi connectivity index (χ2v) is 17.5. The number of aryl methyl sites for hydroxylation is 2. The number of H-pyrrole nitrogens is 1. The number of aliphatic hydroxyl groups excluding tert-OH is 1. The highest BCUT2D eigenvalue weighted by Gasteiger charge is 2.45. The minimum absolute atomic E-state index is 0.0344. The molecular formula is C39H41BrN6O6S2. The molecule has 5 heterocycles. The molecule has 0 radical (unpaired) electrons. The van der Waals surface area contributed by atoms with Crippen molar-refractivity contribution in [3.8, 4) is 5.75 Å². The molecule has 8 rings (SSSR count). The van der Waals surface area contributed by atoms with Gasteiger partial charge in [0.1, 0.15) is 17.4 Å². The Morgan fingerprint density at radius 2 is 1.93 bits per heavy atom. The van der Waals surface area contributed by atoms with Crippen LogP contribution in [0.1, 0.15) is 63.8 Å². The van der Waals surface area contributed by atoms with E-state index in [0.717, 1.165) is 72.2 Å². The number of phenols is 1. The highest BCUT2D eigenvalue weighted by atomic mass is 79.9. The lowest BCUT2D eigenvalue weighted by Gasteiger charge is -2.33. The lowest BCUT2D eigenvalue weighted by Crippen LogP contribution is -2.43. The fourth-order valence-electron chi connectivity index (χ4n) is 7.91. The van der Waals surface area contributed by atoms with Gasteiger partial charge in [0.05, 0.1) is 30.7 Å². The summed E-state index contributed by atoms with van der Waals surface area (Å²) in [6.45, 7) is 4.12. The number of carbonyl (C=O) groups is 1. The molecule has 2 aromatic carbocycles. The minimum Gasteiger partial charge on any atom is -0.506 e. The van der Waals surface area contributed by atoms with E-state index >= 15 is 0 Å². The van der Waals surface area contributed by atoms with Crippen molar-refractivity contribution in [2.24, 2.45) is 0 Å². The molecule has 4 aromatic heterocycles. The van der Waals surface area contributed by atoms with Gasteiger partial charge in [0.25, 0.3) is 0 Å². The lowest BCUT2D eigenvalue weighted by atomic mass is 9.99. The van der Waals surface area contributed by atoms with Gasteiger partial charge < -0.3 is 35.3 Å². The molecule has 1 saturated heterocycles. The Hall–Kier alpha value is -3.96. The SMILES string of the molecule is O=C(OC1CCN(CCCn2nnc3cc(CNC[C@H](O)c4ccc(O)c5[nH]c(=O)ccc45)c4c(c32)CCC4)CC1)C(O)(c1cccs1)c1ccc(Br)s1. The number of nitrogens with zero attached hydrogens (tertiary/aromatic N) is 4. The molecule has 0 saturated carbocycles. The number of aromatic nitrogens is 4. The Bertz CT molecular complexity index is 2350. The molecule has 15 heteroatoms. The van der Waals surface area contributed by atoms with E-state index in [1.165, 1.54) is 45.9 Å². The maximum atomic E-state index is 13.5. The number of pyridine rings is 1. The number of carbonyl (C=O) groups excluding carboxylic acids is 1. The van der Waals surface area contributed by atoms with Gasteiger partial charge in [-0.2, -0.15) is 0 Å². The predicted octanol–water partition coefficient (Wildman–Crippen LogP) is 5.51. The number of aliphatic hydroxyl groups is 2. The third kappa shape index (κ3) is 7.26. The van der Waals surface area contributed by atoms with Gasteiger partial charge in [-0.3, -0.25) is 4.79 Å². The Morgan fingerprint density at radius 3 is 2.70 bits per heavy atom. The van der Waals surface area contributed by atoms with Gasteiger partial charge in [-0.25, -0.2) is 9.48 Å². The molecular weight excluding hydrogens is 793 g/mol. The standard InChI is InChI=1S/C39H41BrN6O6S2/c40-34-11-10-33(54-34)39(51,32-6-2-19-53-32)38(50)52-24-13-17-45(18-14-24)15-3-16-46-37-28-5-1-4-25(28)23(20-29(37)43-44-46)21-41-22-31(48)26-7-9-30(47)36-27(26)8-12-35(49)42-36/h2,6-12,19-20,24,31,41,47-48,51H,1,3-5,13-18,21-22H2,(H,42,49)/t31-,39?/m0/s1. The Kier molecular flexibility index (Phi) is 10.7. The van der Waals surface area contributed by atoms with Crippen LogP contribution in [0.5, 0.6) is 5.75 Å². The van der Waals surface area contributed by atoms with Crippen LogP contribution in [-0.4, -0.2) is 78.4 Å². The number of nitrogens with one attached hydrogen (secondary N) is 2. The molecule has 12 nitrogen and oxygen atoms in total. The molecule has 5 N–H and O–H groups in total. The Balaban J connectivity index is 0.852. The summed E-state index contributed by atoms with van der Waals surface area (Å²) in [7, 11) is 0. The molecule has 54 heavy (non-hydrogen) atoms. The molecule has 2 atom stereocenters.